The lowest BCUT2D eigenvalue weighted by atomic mass is 10.00. The molecule has 4 rings (SSSR count). The van der Waals surface area contributed by atoms with Crippen LogP contribution in [0.5, 0.6) is 29.0 Å². The summed E-state index contributed by atoms with van der Waals surface area (Å²) in [5.41, 5.74) is 1.20. The smallest absolute Gasteiger partial charge is 0.229 e. The van der Waals surface area contributed by atoms with Crippen LogP contribution in [0.3, 0.4) is 0 Å². The van der Waals surface area contributed by atoms with Crippen LogP contribution < -0.4 is 18.9 Å². The number of sulfone groups is 1. The Hall–Kier alpha value is -3.77. The number of carbonyl (C=O) groups excluding carboxylic acids is 1. The molecule has 10 nitrogen and oxygen atoms in total. The Labute approximate surface area is 226 Å². The molecule has 0 aliphatic carbocycles. The summed E-state index contributed by atoms with van der Waals surface area (Å²) >= 11 is 0. The van der Waals surface area contributed by atoms with Gasteiger partial charge in [-0.05, 0) is 56.2 Å². The van der Waals surface area contributed by atoms with Gasteiger partial charge in [0, 0.05) is 24.9 Å². The van der Waals surface area contributed by atoms with Crippen LogP contribution in [0.4, 0.5) is 4.39 Å². The van der Waals surface area contributed by atoms with E-state index in [0.717, 1.165) is 24.2 Å². The first-order valence-corrected chi connectivity index (χ1v) is 14.1. The van der Waals surface area contributed by atoms with Crippen molar-refractivity contribution in [3.8, 4) is 29.0 Å². The molecule has 0 N–H and O–H groups in total. The largest absolute Gasteiger partial charge is 0.497 e. The van der Waals surface area contributed by atoms with E-state index < -0.39 is 21.7 Å². The van der Waals surface area contributed by atoms with Crippen molar-refractivity contribution in [1.29, 1.82) is 0 Å². The van der Waals surface area contributed by atoms with Crippen molar-refractivity contribution in [3.63, 3.8) is 0 Å². The number of likely N-dealkylation sites (tertiary alicyclic amines) is 1. The molecule has 0 radical (unpaired) electrons. The number of methoxy groups -OCH3 is 2. The van der Waals surface area contributed by atoms with Crippen molar-refractivity contribution in [2.75, 3.05) is 33.6 Å². The van der Waals surface area contributed by atoms with Gasteiger partial charge in [-0.2, -0.15) is 0 Å². The van der Waals surface area contributed by atoms with Crippen LogP contribution in [-0.2, 0) is 14.6 Å². The van der Waals surface area contributed by atoms with Crippen LogP contribution in [0.15, 0.2) is 47.6 Å². The Kier molecular flexibility index (Phi) is 8.66. The maximum Gasteiger partial charge on any atom is 0.229 e. The van der Waals surface area contributed by atoms with E-state index in [9.17, 15) is 17.6 Å². The molecule has 39 heavy (non-hydrogen) atoms. The topological polar surface area (TPSA) is 117 Å². The zero-order chi connectivity index (χ0) is 28.2. The van der Waals surface area contributed by atoms with Gasteiger partial charge in [-0.3, -0.25) is 4.90 Å². The van der Waals surface area contributed by atoms with Gasteiger partial charge in [0.1, 0.15) is 30.2 Å². The van der Waals surface area contributed by atoms with Gasteiger partial charge in [0.05, 0.1) is 30.7 Å². The molecule has 1 aromatic heterocycles. The normalized spacial score (nSPS) is 15.4. The number of hydrogen-bond acceptors (Lipinski definition) is 10. The molecule has 1 atom stereocenters. The molecule has 1 unspecified atom stereocenters. The molecular weight excluding hydrogens is 529 g/mol. The third-order valence-electron chi connectivity index (χ3n) is 6.56. The first-order valence-electron chi connectivity index (χ1n) is 12.2. The predicted molar refractivity (Wildman–Crippen MR) is 140 cm³/mol. The SMILES string of the molecule is COc1ccc(OC)c(C(C=O)N2CCC(Oc3ncnc(Oc4ccc(S(C)(=O)=O)cc4F)c3C)CC2)c1. The highest BCUT2D eigenvalue weighted by molar-refractivity contribution is 7.90. The summed E-state index contributed by atoms with van der Waals surface area (Å²) in [6.45, 7) is 2.89. The van der Waals surface area contributed by atoms with E-state index in [-0.39, 0.29) is 22.6 Å². The van der Waals surface area contributed by atoms with Crippen molar-refractivity contribution in [1.82, 2.24) is 14.9 Å². The van der Waals surface area contributed by atoms with Gasteiger partial charge in [0.15, 0.2) is 21.4 Å². The Morgan fingerprint density at radius 3 is 2.33 bits per heavy atom. The number of aromatic nitrogens is 2. The lowest BCUT2D eigenvalue weighted by Gasteiger charge is -2.35. The summed E-state index contributed by atoms with van der Waals surface area (Å²) in [7, 11) is -0.422. The number of nitrogens with zero attached hydrogens (tertiary/aromatic N) is 3. The minimum Gasteiger partial charge on any atom is -0.497 e. The minimum absolute atomic E-state index is 0.0922. The number of ether oxygens (including phenoxy) is 4. The van der Waals surface area contributed by atoms with Gasteiger partial charge in [-0.25, -0.2) is 22.8 Å². The number of carbonyl (C=O) groups is 1. The van der Waals surface area contributed by atoms with Crippen molar-refractivity contribution in [2.24, 2.45) is 0 Å². The summed E-state index contributed by atoms with van der Waals surface area (Å²) in [6, 6.07) is 8.29. The molecule has 1 aliphatic heterocycles. The summed E-state index contributed by atoms with van der Waals surface area (Å²) in [4.78, 5) is 22.3. The molecule has 1 fully saturated rings. The van der Waals surface area contributed by atoms with Gasteiger partial charge in [0.25, 0.3) is 0 Å². The average molecular weight is 560 g/mol. The number of halogens is 1. The van der Waals surface area contributed by atoms with E-state index in [4.69, 9.17) is 18.9 Å². The zero-order valence-corrected chi connectivity index (χ0v) is 22.9. The van der Waals surface area contributed by atoms with Crippen LogP contribution in [0.25, 0.3) is 0 Å². The number of aldehydes is 1. The Bertz CT molecular complexity index is 1440. The Morgan fingerprint density at radius 2 is 1.72 bits per heavy atom. The molecule has 0 bridgehead atoms. The van der Waals surface area contributed by atoms with Gasteiger partial charge in [-0.15, -0.1) is 0 Å². The zero-order valence-electron chi connectivity index (χ0n) is 22.1. The lowest BCUT2D eigenvalue weighted by Crippen LogP contribution is -2.41. The standard InChI is InChI=1S/C27H30FN3O7S/c1-17-26(29-16-30-27(17)38-25-8-6-20(14-22(25)28)39(4,33)34)37-18-9-11-31(12-10-18)23(15-32)21-13-19(35-2)5-7-24(21)36-3/h5-8,13-16,18,23H,9-12H2,1-4H3. The Balaban J connectivity index is 1.43. The van der Waals surface area contributed by atoms with Gasteiger partial charge in [0.2, 0.25) is 11.8 Å². The first kappa shape index (κ1) is 28.2. The molecule has 12 heteroatoms. The van der Waals surface area contributed by atoms with Crippen LogP contribution in [0, 0.1) is 12.7 Å². The van der Waals surface area contributed by atoms with E-state index in [1.165, 1.54) is 18.5 Å². The monoisotopic (exact) mass is 559 g/mol. The molecule has 2 heterocycles. The summed E-state index contributed by atoms with van der Waals surface area (Å²) in [5, 5.41) is 0. The van der Waals surface area contributed by atoms with E-state index in [1.54, 1.807) is 33.3 Å². The Morgan fingerprint density at radius 1 is 1.03 bits per heavy atom. The van der Waals surface area contributed by atoms with Crippen molar-refractivity contribution in [2.45, 2.75) is 36.8 Å². The number of benzene rings is 2. The highest BCUT2D eigenvalue weighted by Gasteiger charge is 2.29. The molecule has 1 aliphatic rings. The quantitative estimate of drug-likeness (QED) is 0.338. The second-order valence-corrected chi connectivity index (χ2v) is 11.1. The van der Waals surface area contributed by atoms with Crippen LogP contribution in [0.2, 0.25) is 0 Å². The van der Waals surface area contributed by atoms with Crippen molar-refractivity contribution < 1.29 is 36.6 Å². The third-order valence-corrected chi connectivity index (χ3v) is 7.67. The summed E-state index contributed by atoms with van der Waals surface area (Å²) < 4.78 is 60.4. The molecule has 3 aromatic rings. The molecule has 0 saturated carbocycles. The number of piperidine rings is 1. The average Bonchev–Trinajstić information content (AvgIpc) is 2.92. The van der Waals surface area contributed by atoms with E-state index in [2.05, 4.69) is 14.9 Å². The number of hydrogen-bond donors (Lipinski definition) is 0. The van der Waals surface area contributed by atoms with Gasteiger partial charge >= 0.3 is 0 Å². The van der Waals surface area contributed by atoms with E-state index in [1.807, 2.05) is 6.07 Å². The molecule has 0 spiro atoms. The maximum atomic E-state index is 14.5. The van der Waals surface area contributed by atoms with Gasteiger partial charge < -0.3 is 23.7 Å². The molecule has 0 amide bonds. The highest BCUT2D eigenvalue weighted by Crippen LogP contribution is 2.35. The fourth-order valence-electron chi connectivity index (χ4n) is 4.40. The van der Waals surface area contributed by atoms with Crippen molar-refractivity contribution in [3.05, 3.63) is 59.7 Å². The second-order valence-electron chi connectivity index (χ2n) is 9.12. The fraction of sp³-hybridized carbons (Fsp3) is 0.370. The second kappa shape index (κ2) is 12.0. The predicted octanol–water partition coefficient (Wildman–Crippen LogP) is 3.92. The molecular formula is C27H30FN3O7S. The summed E-state index contributed by atoms with van der Waals surface area (Å²) in [6.07, 6.45) is 4.26. The number of rotatable bonds is 10. The molecule has 1 saturated heterocycles. The van der Waals surface area contributed by atoms with E-state index in [0.29, 0.717) is 48.9 Å². The highest BCUT2D eigenvalue weighted by atomic mass is 32.2. The van der Waals surface area contributed by atoms with Gasteiger partial charge in [-0.1, -0.05) is 0 Å². The maximum absolute atomic E-state index is 14.5. The van der Waals surface area contributed by atoms with Crippen molar-refractivity contribution >= 4 is 16.1 Å². The molecule has 208 valence electrons. The van der Waals surface area contributed by atoms with Crippen LogP contribution in [0.1, 0.15) is 30.0 Å². The summed E-state index contributed by atoms with van der Waals surface area (Å²) in [5.74, 6) is 0.638. The first-order chi connectivity index (χ1) is 18.6. The minimum atomic E-state index is -3.56. The lowest BCUT2D eigenvalue weighted by molar-refractivity contribution is -0.113. The fourth-order valence-corrected chi connectivity index (χ4v) is 5.03. The van der Waals surface area contributed by atoms with Crippen LogP contribution >= 0.6 is 0 Å². The van der Waals surface area contributed by atoms with Crippen LogP contribution in [-0.4, -0.2) is 69.2 Å². The molecule has 2 aromatic carbocycles. The van der Waals surface area contributed by atoms with E-state index >= 15 is 0 Å². The third kappa shape index (κ3) is 6.45.